The van der Waals surface area contributed by atoms with Crippen molar-refractivity contribution in [3.8, 4) is 0 Å². The second-order valence-corrected chi connectivity index (χ2v) is 7.23. The summed E-state index contributed by atoms with van der Waals surface area (Å²) in [5.74, 6) is 1.10. The summed E-state index contributed by atoms with van der Waals surface area (Å²) in [6.07, 6.45) is 0. The van der Waals surface area contributed by atoms with Crippen LogP contribution in [0.5, 0.6) is 0 Å². The summed E-state index contributed by atoms with van der Waals surface area (Å²) in [7, 11) is 0. The Bertz CT molecular complexity index is 609. The third kappa shape index (κ3) is 2.35. The van der Waals surface area contributed by atoms with Gasteiger partial charge in [-0.2, -0.15) is 0 Å². The van der Waals surface area contributed by atoms with Gasteiger partial charge in [-0.15, -0.1) is 0 Å². The van der Waals surface area contributed by atoms with Gasteiger partial charge in [0.15, 0.2) is 0 Å². The summed E-state index contributed by atoms with van der Waals surface area (Å²) in [6, 6.07) is 21.0. The molecular weight excluding hydrogens is 287 g/mol. The normalized spacial score (nSPS) is 12.7. The topological polar surface area (TPSA) is 13.1 Å². The standard InChI is InChI=1S/C16H14OSe/c1-12(18-14-8-3-2-4-9-14)16-11-13-7-5-6-10-15(13)17-16/h2-12H,1H3/t12-/m1/s1. The molecule has 0 bridgehead atoms. The van der Waals surface area contributed by atoms with E-state index >= 15 is 0 Å². The van der Waals surface area contributed by atoms with E-state index in [9.17, 15) is 0 Å². The fourth-order valence-electron chi connectivity index (χ4n) is 1.96. The predicted molar refractivity (Wildman–Crippen MR) is 76.5 cm³/mol. The van der Waals surface area contributed by atoms with Crippen molar-refractivity contribution in [2.24, 2.45) is 0 Å². The molecule has 0 saturated carbocycles. The zero-order chi connectivity index (χ0) is 12.4. The van der Waals surface area contributed by atoms with Crippen LogP contribution < -0.4 is 4.46 Å². The van der Waals surface area contributed by atoms with Crippen molar-refractivity contribution in [2.45, 2.75) is 11.7 Å². The number of hydrogen-bond donors (Lipinski definition) is 0. The van der Waals surface area contributed by atoms with E-state index in [-0.39, 0.29) is 0 Å². The van der Waals surface area contributed by atoms with E-state index in [2.05, 4.69) is 55.5 Å². The first kappa shape index (κ1) is 11.6. The number of benzene rings is 2. The molecule has 90 valence electrons. The fraction of sp³-hybridized carbons (Fsp3) is 0.125. The van der Waals surface area contributed by atoms with E-state index in [1.54, 1.807) is 0 Å². The Balaban J connectivity index is 1.86. The predicted octanol–water partition coefficient (Wildman–Crippen LogP) is 3.52. The molecule has 3 aromatic rings. The third-order valence-electron chi connectivity index (χ3n) is 2.90. The van der Waals surface area contributed by atoms with Crippen molar-refractivity contribution in [2.75, 3.05) is 0 Å². The molecule has 0 aliphatic rings. The summed E-state index contributed by atoms with van der Waals surface area (Å²) in [6.45, 7) is 2.24. The van der Waals surface area contributed by atoms with Gasteiger partial charge in [-0.25, -0.2) is 0 Å². The first-order valence-corrected chi connectivity index (χ1v) is 7.88. The average Bonchev–Trinajstić information content (AvgIpc) is 2.84. The molecule has 0 unspecified atom stereocenters. The molecule has 0 aliphatic carbocycles. The van der Waals surface area contributed by atoms with Crippen molar-refractivity contribution >= 4 is 30.4 Å². The van der Waals surface area contributed by atoms with E-state index < -0.39 is 0 Å². The molecule has 1 aromatic heterocycles. The van der Waals surface area contributed by atoms with Crippen LogP contribution in [0.2, 0.25) is 0 Å². The van der Waals surface area contributed by atoms with Gasteiger partial charge >= 0.3 is 113 Å². The first-order valence-electron chi connectivity index (χ1n) is 6.03. The molecule has 0 aliphatic heterocycles. The summed E-state index contributed by atoms with van der Waals surface area (Å²) < 4.78 is 7.33. The molecule has 0 N–H and O–H groups in total. The molecule has 0 radical (unpaired) electrons. The molecule has 18 heavy (non-hydrogen) atoms. The van der Waals surface area contributed by atoms with Gasteiger partial charge in [-0.05, 0) is 0 Å². The second kappa shape index (κ2) is 5.01. The Labute approximate surface area is 113 Å². The quantitative estimate of drug-likeness (QED) is 0.675. The Kier molecular flexibility index (Phi) is 3.22. The molecule has 2 aromatic carbocycles. The van der Waals surface area contributed by atoms with Crippen LogP contribution in [0.3, 0.4) is 0 Å². The zero-order valence-corrected chi connectivity index (χ0v) is 11.9. The molecule has 2 heteroatoms. The molecule has 0 spiro atoms. The minimum atomic E-state index is 0.412. The van der Waals surface area contributed by atoms with Crippen molar-refractivity contribution in [3.05, 3.63) is 66.4 Å². The maximum absolute atomic E-state index is 5.92. The van der Waals surface area contributed by atoms with E-state index in [1.807, 2.05) is 12.1 Å². The Morgan fingerprint density at radius 1 is 0.944 bits per heavy atom. The molecular formula is C16H14OSe. The van der Waals surface area contributed by atoms with Gasteiger partial charge in [0.25, 0.3) is 0 Å². The van der Waals surface area contributed by atoms with Gasteiger partial charge in [0.2, 0.25) is 0 Å². The van der Waals surface area contributed by atoms with Crippen LogP contribution in [0.4, 0.5) is 0 Å². The second-order valence-electron chi connectivity index (χ2n) is 4.26. The number of para-hydroxylation sites is 1. The van der Waals surface area contributed by atoms with Crippen molar-refractivity contribution in [1.29, 1.82) is 0 Å². The van der Waals surface area contributed by atoms with Crippen LogP contribution in [0.1, 0.15) is 17.5 Å². The van der Waals surface area contributed by atoms with Crippen LogP contribution in [-0.2, 0) is 0 Å². The van der Waals surface area contributed by atoms with Crippen LogP contribution >= 0.6 is 0 Å². The van der Waals surface area contributed by atoms with Crippen LogP contribution in [-0.4, -0.2) is 15.0 Å². The summed E-state index contributed by atoms with van der Waals surface area (Å²) >= 11 is 0.412. The third-order valence-corrected chi connectivity index (χ3v) is 5.27. The van der Waals surface area contributed by atoms with E-state index in [0.717, 1.165) is 11.3 Å². The minimum absolute atomic E-state index is 0.412. The maximum atomic E-state index is 5.92. The Morgan fingerprint density at radius 3 is 2.44 bits per heavy atom. The number of furan rings is 1. The SMILES string of the molecule is C[C@@H]([Se]c1ccccc1)c1cc2ccccc2o1. The number of hydrogen-bond acceptors (Lipinski definition) is 1. The first-order chi connectivity index (χ1) is 8.83. The van der Waals surface area contributed by atoms with Crippen molar-refractivity contribution < 1.29 is 4.42 Å². The van der Waals surface area contributed by atoms with E-state index in [1.165, 1.54) is 9.85 Å². The molecule has 0 amide bonds. The molecule has 1 heterocycles. The van der Waals surface area contributed by atoms with Gasteiger partial charge in [0, 0.05) is 0 Å². The zero-order valence-electron chi connectivity index (χ0n) is 10.2. The summed E-state index contributed by atoms with van der Waals surface area (Å²) in [5, 5.41) is 1.20. The molecule has 1 nitrogen and oxygen atoms in total. The van der Waals surface area contributed by atoms with Gasteiger partial charge < -0.3 is 0 Å². The molecule has 3 rings (SSSR count). The summed E-state index contributed by atoms with van der Waals surface area (Å²) in [5.41, 5.74) is 0.989. The van der Waals surface area contributed by atoms with Crippen LogP contribution in [0.25, 0.3) is 11.0 Å². The number of rotatable bonds is 3. The van der Waals surface area contributed by atoms with Crippen molar-refractivity contribution in [1.82, 2.24) is 0 Å². The Morgan fingerprint density at radius 2 is 1.67 bits per heavy atom. The van der Waals surface area contributed by atoms with Crippen LogP contribution in [0.15, 0.2) is 65.1 Å². The monoisotopic (exact) mass is 302 g/mol. The van der Waals surface area contributed by atoms with Crippen LogP contribution in [0, 0.1) is 0 Å². The van der Waals surface area contributed by atoms with Gasteiger partial charge in [-0.1, -0.05) is 0 Å². The van der Waals surface area contributed by atoms with Gasteiger partial charge in [0.1, 0.15) is 0 Å². The van der Waals surface area contributed by atoms with Gasteiger partial charge in [-0.3, -0.25) is 0 Å². The number of fused-ring (bicyclic) bond motifs is 1. The van der Waals surface area contributed by atoms with E-state index in [4.69, 9.17) is 4.42 Å². The summed E-state index contributed by atoms with van der Waals surface area (Å²) in [4.78, 5) is 0.465. The molecule has 1 atom stereocenters. The molecule has 0 fully saturated rings. The average molecular weight is 301 g/mol. The van der Waals surface area contributed by atoms with Crippen molar-refractivity contribution in [3.63, 3.8) is 0 Å². The molecule has 0 saturated heterocycles. The van der Waals surface area contributed by atoms with E-state index in [0.29, 0.717) is 19.8 Å². The Hall–Kier alpha value is -1.50. The van der Waals surface area contributed by atoms with Gasteiger partial charge in [0.05, 0.1) is 0 Å². The fourth-order valence-corrected chi connectivity index (χ4v) is 3.97.